The molecule has 9 nitrogen and oxygen atoms in total. The van der Waals surface area contributed by atoms with Crippen molar-refractivity contribution in [1.82, 2.24) is 15.5 Å². The van der Waals surface area contributed by atoms with Crippen LogP contribution < -0.4 is 16.4 Å². The summed E-state index contributed by atoms with van der Waals surface area (Å²) in [5, 5.41) is 14.3. The van der Waals surface area contributed by atoms with Gasteiger partial charge in [0.25, 0.3) is 0 Å². The molecule has 1 fully saturated rings. The van der Waals surface area contributed by atoms with Crippen LogP contribution in [0.3, 0.4) is 0 Å². The number of likely N-dealkylation sites (tertiary alicyclic amines) is 1. The second-order valence-electron chi connectivity index (χ2n) is 7.30. The first-order valence-electron chi connectivity index (χ1n) is 9.79. The topological polar surface area (TPSA) is 142 Å². The SMILES string of the molecule is CC(NC(=O)C(CS)NC(=O)C(N)Cc1ccccc1)C(=O)N1CCCC1C(=O)O. The number of nitrogens with one attached hydrogen (secondary N) is 2. The Labute approximate surface area is 180 Å². The lowest BCUT2D eigenvalue weighted by atomic mass is 10.1. The minimum atomic E-state index is -1.06. The van der Waals surface area contributed by atoms with Crippen molar-refractivity contribution in [2.75, 3.05) is 12.3 Å². The van der Waals surface area contributed by atoms with Crippen molar-refractivity contribution in [2.45, 2.75) is 50.4 Å². The standard InChI is InChI=1S/C20H28N4O5S/c1-12(19(27)24-9-5-8-16(24)20(28)29)22-18(26)15(11-30)23-17(25)14(21)10-13-6-3-2-4-7-13/h2-4,6-7,12,14-16,30H,5,8-11,21H2,1H3,(H,22,26)(H,23,25)(H,28,29). The molecule has 1 aliphatic rings. The van der Waals surface area contributed by atoms with E-state index in [1.165, 1.54) is 11.8 Å². The number of carboxylic acids is 1. The van der Waals surface area contributed by atoms with Crippen LogP contribution in [0.15, 0.2) is 30.3 Å². The average Bonchev–Trinajstić information content (AvgIpc) is 3.21. The number of hydrogen-bond acceptors (Lipinski definition) is 6. The molecule has 10 heteroatoms. The van der Waals surface area contributed by atoms with Gasteiger partial charge in [-0.2, -0.15) is 12.6 Å². The van der Waals surface area contributed by atoms with E-state index in [0.29, 0.717) is 25.8 Å². The molecule has 0 bridgehead atoms. The summed E-state index contributed by atoms with van der Waals surface area (Å²) in [5.74, 6) is -2.61. The number of hydrogen-bond donors (Lipinski definition) is 5. The van der Waals surface area contributed by atoms with Gasteiger partial charge in [-0.05, 0) is 31.7 Å². The van der Waals surface area contributed by atoms with Crippen LogP contribution in [0.2, 0.25) is 0 Å². The molecule has 0 aromatic heterocycles. The lowest BCUT2D eigenvalue weighted by Crippen LogP contribution is -2.57. The van der Waals surface area contributed by atoms with Gasteiger partial charge in [0, 0.05) is 12.3 Å². The second-order valence-corrected chi connectivity index (χ2v) is 7.66. The van der Waals surface area contributed by atoms with Gasteiger partial charge in [0.15, 0.2) is 0 Å². The molecule has 0 radical (unpaired) electrons. The summed E-state index contributed by atoms with van der Waals surface area (Å²) < 4.78 is 0. The summed E-state index contributed by atoms with van der Waals surface area (Å²) in [6, 6.07) is 5.62. The Bertz CT molecular complexity index is 776. The highest BCUT2D eigenvalue weighted by atomic mass is 32.1. The van der Waals surface area contributed by atoms with E-state index in [9.17, 15) is 24.3 Å². The van der Waals surface area contributed by atoms with Crippen molar-refractivity contribution in [2.24, 2.45) is 5.73 Å². The monoisotopic (exact) mass is 436 g/mol. The summed E-state index contributed by atoms with van der Waals surface area (Å²) >= 11 is 4.11. The number of carbonyl (C=O) groups is 4. The van der Waals surface area contributed by atoms with Gasteiger partial charge in [-0.3, -0.25) is 14.4 Å². The van der Waals surface area contributed by atoms with E-state index in [2.05, 4.69) is 23.3 Å². The molecule has 164 valence electrons. The van der Waals surface area contributed by atoms with E-state index in [4.69, 9.17) is 5.73 Å². The molecule has 0 saturated carbocycles. The van der Waals surface area contributed by atoms with Crippen LogP contribution in [0.5, 0.6) is 0 Å². The van der Waals surface area contributed by atoms with Crippen LogP contribution in [0, 0.1) is 0 Å². The summed E-state index contributed by atoms with van der Waals surface area (Å²) in [5.41, 5.74) is 6.84. The molecule has 5 N–H and O–H groups in total. The van der Waals surface area contributed by atoms with Gasteiger partial charge < -0.3 is 26.4 Å². The highest BCUT2D eigenvalue weighted by molar-refractivity contribution is 7.80. The number of amides is 3. The van der Waals surface area contributed by atoms with Crippen LogP contribution in [-0.4, -0.2) is 70.2 Å². The number of rotatable bonds is 9. The molecule has 4 atom stereocenters. The molecule has 4 unspecified atom stereocenters. The Morgan fingerprint density at radius 2 is 1.87 bits per heavy atom. The molecule has 3 amide bonds. The maximum Gasteiger partial charge on any atom is 0.326 e. The van der Waals surface area contributed by atoms with Crippen molar-refractivity contribution in [3.8, 4) is 0 Å². The summed E-state index contributed by atoms with van der Waals surface area (Å²) in [6.07, 6.45) is 1.29. The van der Waals surface area contributed by atoms with E-state index >= 15 is 0 Å². The van der Waals surface area contributed by atoms with Crippen LogP contribution in [0.4, 0.5) is 0 Å². The quantitative estimate of drug-likeness (QED) is 0.332. The molecule has 30 heavy (non-hydrogen) atoms. The number of carbonyl (C=O) groups excluding carboxylic acids is 3. The lowest BCUT2D eigenvalue weighted by Gasteiger charge is -2.26. The fourth-order valence-corrected chi connectivity index (χ4v) is 3.60. The van der Waals surface area contributed by atoms with E-state index in [1.54, 1.807) is 0 Å². The smallest absolute Gasteiger partial charge is 0.326 e. The Morgan fingerprint density at radius 3 is 2.47 bits per heavy atom. The molecule has 1 aromatic carbocycles. The van der Waals surface area contributed by atoms with E-state index in [-0.39, 0.29) is 5.75 Å². The summed E-state index contributed by atoms with van der Waals surface area (Å²) in [6.45, 7) is 1.81. The van der Waals surface area contributed by atoms with Crippen LogP contribution >= 0.6 is 12.6 Å². The number of nitrogens with two attached hydrogens (primary N) is 1. The summed E-state index contributed by atoms with van der Waals surface area (Å²) in [4.78, 5) is 50.0. The molecule has 2 rings (SSSR count). The zero-order valence-corrected chi connectivity index (χ0v) is 17.7. The normalized spacial score (nSPS) is 18.9. The number of nitrogens with zero attached hydrogens (tertiary/aromatic N) is 1. The predicted octanol–water partition coefficient (Wildman–Crippen LogP) is -0.449. The van der Waals surface area contributed by atoms with Crippen LogP contribution in [0.25, 0.3) is 0 Å². The highest BCUT2D eigenvalue weighted by Gasteiger charge is 2.36. The van der Waals surface area contributed by atoms with Crippen LogP contribution in [0.1, 0.15) is 25.3 Å². The van der Waals surface area contributed by atoms with Gasteiger partial charge in [-0.25, -0.2) is 4.79 Å². The number of thiol groups is 1. The third-order valence-corrected chi connectivity index (χ3v) is 5.37. The van der Waals surface area contributed by atoms with Gasteiger partial charge >= 0.3 is 5.97 Å². The first kappa shape index (κ1) is 23.7. The first-order valence-corrected chi connectivity index (χ1v) is 10.4. The Kier molecular flexibility index (Phi) is 8.67. The number of benzene rings is 1. The molecular formula is C20H28N4O5S. The van der Waals surface area contributed by atoms with Gasteiger partial charge in [0.1, 0.15) is 18.1 Å². The molecular weight excluding hydrogens is 408 g/mol. The third kappa shape index (κ3) is 6.20. The largest absolute Gasteiger partial charge is 0.480 e. The third-order valence-electron chi connectivity index (χ3n) is 5.00. The Morgan fingerprint density at radius 1 is 1.20 bits per heavy atom. The molecule has 0 aliphatic carbocycles. The Hall–Kier alpha value is -2.59. The second kappa shape index (κ2) is 11.0. The van der Waals surface area contributed by atoms with Gasteiger partial charge in [-0.15, -0.1) is 0 Å². The lowest BCUT2D eigenvalue weighted by molar-refractivity contribution is -0.149. The fraction of sp³-hybridized carbons (Fsp3) is 0.500. The molecule has 1 heterocycles. The number of aliphatic carboxylic acids is 1. The zero-order chi connectivity index (χ0) is 22.3. The number of carboxylic acid groups (broad SMARTS) is 1. The zero-order valence-electron chi connectivity index (χ0n) is 16.8. The maximum atomic E-state index is 12.6. The van der Waals surface area contributed by atoms with Crippen molar-refractivity contribution in [3.05, 3.63) is 35.9 Å². The fourth-order valence-electron chi connectivity index (χ4n) is 3.35. The average molecular weight is 437 g/mol. The van der Waals surface area contributed by atoms with Crippen molar-refractivity contribution in [3.63, 3.8) is 0 Å². The minimum Gasteiger partial charge on any atom is -0.480 e. The van der Waals surface area contributed by atoms with Crippen LogP contribution in [-0.2, 0) is 25.6 Å². The van der Waals surface area contributed by atoms with E-state index in [1.807, 2.05) is 30.3 Å². The summed E-state index contributed by atoms with van der Waals surface area (Å²) in [7, 11) is 0. The highest BCUT2D eigenvalue weighted by Crippen LogP contribution is 2.18. The van der Waals surface area contributed by atoms with E-state index < -0.39 is 47.9 Å². The van der Waals surface area contributed by atoms with Crippen molar-refractivity contribution >= 4 is 36.3 Å². The minimum absolute atomic E-state index is 0.0119. The van der Waals surface area contributed by atoms with Crippen molar-refractivity contribution in [1.29, 1.82) is 0 Å². The van der Waals surface area contributed by atoms with Gasteiger partial charge in [-0.1, -0.05) is 30.3 Å². The molecule has 1 aromatic rings. The van der Waals surface area contributed by atoms with Gasteiger partial charge in [0.2, 0.25) is 17.7 Å². The predicted molar refractivity (Wildman–Crippen MR) is 114 cm³/mol. The van der Waals surface area contributed by atoms with Crippen molar-refractivity contribution < 1.29 is 24.3 Å². The Balaban J connectivity index is 1.91. The van der Waals surface area contributed by atoms with E-state index in [0.717, 1.165) is 5.56 Å². The molecule has 1 saturated heterocycles. The van der Waals surface area contributed by atoms with Gasteiger partial charge in [0.05, 0.1) is 6.04 Å². The maximum absolute atomic E-state index is 12.6. The molecule has 1 aliphatic heterocycles. The molecule has 0 spiro atoms. The first-order chi connectivity index (χ1) is 14.2.